The first-order valence-electron chi connectivity index (χ1n) is 7.09. The highest BCUT2D eigenvalue weighted by Crippen LogP contribution is 2.45. The molecule has 0 saturated carbocycles. The Morgan fingerprint density at radius 3 is 2.95 bits per heavy atom. The molecule has 0 radical (unpaired) electrons. The lowest BCUT2D eigenvalue weighted by Crippen LogP contribution is -2.13. The minimum atomic E-state index is -0.681. The average Bonchev–Trinajstić information content (AvgIpc) is 3.11. The van der Waals surface area contributed by atoms with E-state index in [-0.39, 0.29) is 5.92 Å². The van der Waals surface area contributed by atoms with E-state index in [1.54, 1.807) is 6.07 Å². The van der Waals surface area contributed by atoms with E-state index in [2.05, 4.69) is 0 Å². The molecule has 108 valence electrons. The summed E-state index contributed by atoms with van der Waals surface area (Å²) < 4.78 is 11.4. The van der Waals surface area contributed by atoms with Crippen LogP contribution in [-0.4, -0.2) is 18.3 Å². The molecule has 2 aromatic carbocycles. The standard InChI is InChI=1S/C17H15ClO3/c18-11-7-10-5-6-20-17(10)13(8-11)16(19)14-9-21-15-4-2-1-3-12(14)15/h1-4,7-8,14,16,19H,5-6,9H2. The lowest BCUT2D eigenvalue weighted by atomic mass is 9.89. The third-order valence-electron chi connectivity index (χ3n) is 4.21. The van der Waals surface area contributed by atoms with Gasteiger partial charge in [0.05, 0.1) is 25.2 Å². The maximum absolute atomic E-state index is 10.8. The van der Waals surface area contributed by atoms with Gasteiger partial charge in [-0.3, -0.25) is 0 Å². The van der Waals surface area contributed by atoms with Gasteiger partial charge in [-0.25, -0.2) is 0 Å². The zero-order valence-electron chi connectivity index (χ0n) is 11.4. The maximum atomic E-state index is 10.8. The molecule has 0 amide bonds. The molecule has 2 unspecified atom stereocenters. The highest BCUT2D eigenvalue weighted by atomic mass is 35.5. The van der Waals surface area contributed by atoms with Gasteiger partial charge in [-0.1, -0.05) is 29.8 Å². The largest absolute Gasteiger partial charge is 0.493 e. The summed E-state index contributed by atoms with van der Waals surface area (Å²) in [6.07, 6.45) is 0.159. The molecule has 1 N–H and O–H groups in total. The summed E-state index contributed by atoms with van der Waals surface area (Å²) in [7, 11) is 0. The normalized spacial score (nSPS) is 20.4. The summed E-state index contributed by atoms with van der Waals surface area (Å²) in [4.78, 5) is 0. The van der Waals surface area contributed by atoms with Crippen LogP contribution in [0.25, 0.3) is 0 Å². The first kappa shape index (κ1) is 13.0. The summed E-state index contributed by atoms with van der Waals surface area (Å²) in [5, 5.41) is 11.5. The van der Waals surface area contributed by atoms with E-state index in [4.69, 9.17) is 21.1 Å². The van der Waals surface area contributed by atoms with E-state index in [9.17, 15) is 5.11 Å². The number of hydrogen-bond acceptors (Lipinski definition) is 3. The zero-order valence-corrected chi connectivity index (χ0v) is 12.1. The van der Waals surface area contributed by atoms with E-state index in [1.807, 2.05) is 30.3 Å². The van der Waals surface area contributed by atoms with Crippen LogP contribution in [0.15, 0.2) is 36.4 Å². The van der Waals surface area contributed by atoms with E-state index in [0.717, 1.165) is 34.6 Å². The Morgan fingerprint density at radius 2 is 2.05 bits per heavy atom. The molecule has 0 bridgehead atoms. The summed E-state index contributed by atoms with van der Waals surface area (Å²) >= 11 is 6.18. The Kier molecular flexibility index (Phi) is 3.05. The quantitative estimate of drug-likeness (QED) is 0.923. The van der Waals surface area contributed by atoms with Gasteiger partial charge < -0.3 is 14.6 Å². The molecular formula is C17H15ClO3. The van der Waals surface area contributed by atoms with Crippen molar-refractivity contribution < 1.29 is 14.6 Å². The van der Waals surface area contributed by atoms with Crippen LogP contribution in [0.4, 0.5) is 0 Å². The molecular weight excluding hydrogens is 288 g/mol. The fourth-order valence-electron chi connectivity index (χ4n) is 3.18. The first-order valence-corrected chi connectivity index (χ1v) is 7.47. The minimum Gasteiger partial charge on any atom is -0.493 e. The van der Waals surface area contributed by atoms with Crippen molar-refractivity contribution in [1.82, 2.24) is 0 Å². The van der Waals surface area contributed by atoms with Crippen molar-refractivity contribution in [2.45, 2.75) is 18.4 Å². The van der Waals surface area contributed by atoms with Crippen LogP contribution in [0.1, 0.15) is 28.7 Å². The van der Waals surface area contributed by atoms with Crippen LogP contribution in [0.3, 0.4) is 0 Å². The second kappa shape index (κ2) is 4.93. The van der Waals surface area contributed by atoms with Crippen molar-refractivity contribution in [3.05, 3.63) is 58.1 Å². The Labute approximate surface area is 128 Å². The van der Waals surface area contributed by atoms with Gasteiger partial charge in [-0.15, -0.1) is 0 Å². The summed E-state index contributed by atoms with van der Waals surface area (Å²) in [6, 6.07) is 11.6. The minimum absolute atomic E-state index is 0.0898. The van der Waals surface area contributed by atoms with Crippen LogP contribution >= 0.6 is 11.6 Å². The molecule has 2 atom stereocenters. The smallest absolute Gasteiger partial charge is 0.128 e. The predicted molar refractivity (Wildman–Crippen MR) is 80.3 cm³/mol. The van der Waals surface area contributed by atoms with Crippen molar-refractivity contribution in [2.24, 2.45) is 0 Å². The van der Waals surface area contributed by atoms with Gasteiger partial charge in [0.15, 0.2) is 0 Å². The number of benzene rings is 2. The monoisotopic (exact) mass is 302 g/mol. The number of para-hydroxylation sites is 1. The van der Waals surface area contributed by atoms with Crippen molar-refractivity contribution in [3.8, 4) is 11.5 Å². The average molecular weight is 303 g/mol. The van der Waals surface area contributed by atoms with Crippen LogP contribution in [0, 0.1) is 0 Å². The lowest BCUT2D eigenvalue weighted by molar-refractivity contribution is 0.127. The van der Waals surface area contributed by atoms with E-state index in [0.29, 0.717) is 18.2 Å². The van der Waals surface area contributed by atoms with Crippen molar-refractivity contribution in [3.63, 3.8) is 0 Å². The van der Waals surface area contributed by atoms with Gasteiger partial charge in [-0.05, 0) is 23.8 Å². The van der Waals surface area contributed by atoms with Gasteiger partial charge in [0.25, 0.3) is 0 Å². The number of hydrogen-bond donors (Lipinski definition) is 1. The van der Waals surface area contributed by atoms with Crippen LogP contribution < -0.4 is 9.47 Å². The van der Waals surface area contributed by atoms with Crippen LogP contribution in [0.2, 0.25) is 5.02 Å². The van der Waals surface area contributed by atoms with Gasteiger partial charge in [-0.2, -0.15) is 0 Å². The van der Waals surface area contributed by atoms with E-state index < -0.39 is 6.10 Å². The maximum Gasteiger partial charge on any atom is 0.128 e. The second-order valence-corrected chi connectivity index (χ2v) is 5.92. The second-order valence-electron chi connectivity index (χ2n) is 5.48. The van der Waals surface area contributed by atoms with Crippen molar-refractivity contribution in [1.29, 1.82) is 0 Å². The third-order valence-corrected chi connectivity index (χ3v) is 4.43. The number of halogens is 1. The summed E-state index contributed by atoms with van der Waals surface area (Å²) in [5.41, 5.74) is 2.88. The fraction of sp³-hybridized carbons (Fsp3) is 0.294. The Balaban J connectivity index is 1.75. The highest BCUT2D eigenvalue weighted by Gasteiger charge is 2.34. The Hall–Kier alpha value is -1.71. The summed E-state index contributed by atoms with van der Waals surface area (Å²) in [6.45, 7) is 1.12. The first-order chi connectivity index (χ1) is 10.2. The molecule has 4 rings (SSSR count). The fourth-order valence-corrected chi connectivity index (χ4v) is 3.43. The Bertz CT molecular complexity index is 698. The molecule has 21 heavy (non-hydrogen) atoms. The number of aliphatic hydroxyl groups excluding tert-OH is 1. The van der Waals surface area contributed by atoms with Gasteiger partial charge in [0.1, 0.15) is 11.5 Å². The predicted octanol–water partition coefficient (Wildman–Crippen LogP) is 3.48. The molecule has 0 spiro atoms. The molecule has 2 aliphatic heterocycles. The molecule has 3 nitrogen and oxygen atoms in total. The molecule has 4 heteroatoms. The molecule has 0 aliphatic carbocycles. The van der Waals surface area contributed by atoms with Gasteiger partial charge >= 0.3 is 0 Å². The Morgan fingerprint density at radius 1 is 1.19 bits per heavy atom. The SMILES string of the molecule is OC(c1cc(Cl)cc2c1OCC2)C1COc2ccccc21. The van der Waals surface area contributed by atoms with E-state index >= 15 is 0 Å². The van der Waals surface area contributed by atoms with Crippen LogP contribution in [0.5, 0.6) is 11.5 Å². The summed E-state index contributed by atoms with van der Waals surface area (Å²) in [5.74, 6) is 1.55. The molecule has 0 fully saturated rings. The van der Waals surface area contributed by atoms with Gasteiger partial charge in [0.2, 0.25) is 0 Å². The number of fused-ring (bicyclic) bond motifs is 2. The topological polar surface area (TPSA) is 38.7 Å². The number of ether oxygens (including phenoxy) is 2. The molecule has 2 aromatic rings. The number of aliphatic hydroxyl groups is 1. The highest BCUT2D eigenvalue weighted by molar-refractivity contribution is 6.30. The molecule has 2 aliphatic rings. The molecule has 2 heterocycles. The van der Waals surface area contributed by atoms with Crippen molar-refractivity contribution in [2.75, 3.05) is 13.2 Å². The third kappa shape index (κ3) is 2.08. The molecule has 0 saturated heterocycles. The zero-order chi connectivity index (χ0) is 14.4. The van der Waals surface area contributed by atoms with Crippen LogP contribution in [-0.2, 0) is 6.42 Å². The lowest BCUT2D eigenvalue weighted by Gasteiger charge is -2.20. The molecule has 0 aromatic heterocycles. The van der Waals surface area contributed by atoms with E-state index in [1.165, 1.54) is 0 Å². The number of rotatable bonds is 2. The van der Waals surface area contributed by atoms with Crippen molar-refractivity contribution >= 4 is 11.6 Å². The van der Waals surface area contributed by atoms with Gasteiger partial charge in [0, 0.05) is 22.6 Å².